The first-order valence-corrected chi connectivity index (χ1v) is 6.95. The summed E-state index contributed by atoms with van der Waals surface area (Å²) in [5, 5.41) is 14.0. The molecule has 0 aromatic heterocycles. The average Bonchev–Trinajstić information content (AvgIpc) is 2.38. The van der Waals surface area contributed by atoms with Crippen molar-refractivity contribution in [3.05, 3.63) is 27.7 Å². The summed E-state index contributed by atoms with van der Waals surface area (Å²) in [5.41, 5.74) is 0.104. The van der Waals surface area contributed by atoms with E-state index in [1.165, 1.54) is 12.1 Å². The summed E-state index contributed by atoms with van der Waals surface area (Å²) in [7, 11) is 0. The van der Waals surface area contributed by atoms with Gasteiger partial charge in [0.15, 0.2) is 0 Å². The van der Waals surface area contributed by atoms with Crippen LogP contribution >= 0.6 is 23.2 Å². The number of urea groups is 1. The minimum atomic E-state index is -1.15. The summed E-state index contributed by atoms with van der Waals surface area (Å²) >= 11 is 11.8. The van der Waals surface area contributed by atoms with E-state index in [-0.39, 0.29) is 27.4 Å². The van der Waals surface area contributed by atoms with E-state index in [0.29, 0.717) is 13.2 Å². The molecule has 6 nitrogen and oxygen atoms in total. The molecule has 0 saturated heterocycles. The average molecular weight is 335 g/mol. The van der Waals surface area contributed by atoms with Crippen molar-refractivity contribution in [3.63, 3.8) is 0 Å². The lowest BCUT2D eigenvalue weighted by Crippen LogP contribution is -2.32. The van der Waals surface area contributed by atoms with Crippen molar-refractivity contribution < 1.29 is 19.4 Å². The number of benzene rings is 1. The lowest BCUT2D eigenvalue weighted by molar-refractivity contribution is 0.0696. The van der Waals surface area contributed by atoms with E-state index in [4.69, 9.17) is 33.0 Å². The first kappa shape index (κ1) is 17.6. The number of nitrogens with one attached hydrogen (secondary N) is 2. The predicted molar refractivity (Wildman–Crippen MR) is 81.5 cm³/mol. The van der Waals surface area contributed by atoms with E-state index in [1.807, 2.05) is 13.8 Å². The maximum Gasteiger partial charge on any atom is 0.335 e. The minimum absolute atomic E-state index is 0.0495. The highest BCUT2D eigenvalue weighted by Gasteiger charge is 2.14. The Morgan fingerprint density at radius 3 is 2.33 bits per heavy atom. The molecular weight excluding hydrogens is 319 g/mol. The molecule has 1 aromatic carbocycles. The fourth-order valence-electron chi connectivity index (χ4n) is 1.43. The van der Waals surface area contributed by atoms with Gasteiger partial charge in [0.05, 0.1) is 34.0 Å². The number of hydrogen-bond acceptors (Lipinski definition) is 3. The van der Waals surface area contributed by atoms with Crippen LogP contribution in [0.15, 0.2) is 12.1 Å². The standard InChI is InChI=1S/C13H16Cl2N2O4/c1-7(2)21-4-3-16-13(20)17-11-9(14)5-8(12(18)19)6-10(11)15/h5-7H,3-4H2,1-2H3,(H,18,19)(H2,16,17,20). The topological polar surface area (TPSA) is 87.7 Å². The van der Waals surface area contributed by atoms with E-state index in [9.17, 15) is 9.59 Å². The third-order valence-electron chi connectivity index (χ3n) is 2.37. The number of halogens is 2. The Hall–Kier alpha value is -1.50. The van der Waals surface area contributed by atoms with Crippen LogP contribution in [0.25, 0.3) is 0 Å². The monoisotopic (exact) mass is 334 g/mol. The molecule has 0 radical (unpaired) electrons. The predicted octanol–water partition coefficient (Wildman–Crippen LogP) is 3.24. The van der Waals surface area contributed by atoms with Gasteiger partial charge in [0.25, 0.3) is 0 Å². The molecule has 0 aliphatic rings. The molecule has 0 unspecified atom stereocenters. The van der Waals surface area contributed by atoms with E-state index in [2.05, 4.69) is 10.6 Å². The zero-order valence-corrected chi connectivity index (χ0v) is 13.1. The lowest BCUT2D eigenvalue weighted by Gasteiger charge is -2.12. The highest BCUT2D eigenvalue weighted by atomic mass is 35.5. The molecule has 0 heterocycles. The second kappa shape index (κ2) is 8.07. The van der Waals surface area contributed by atoms with Crippen LogP contribution in [0.2, 0.25) is 10.0 Å². The highest BCUT2D eigenvalue weighted by Crippen LogP contribution is 2.31. The Morgan fingerprint density at radius 1 is 1.29 bits per heavy atom. The number of anilines is 1. The number of carbonyl (C=O) groups is 2. The fourth-order valence-corrected chi connectivity index (χ4v) is 2.01. The summed E-state index contributed by atoms with van der Waals surface area (Å²) in [6.07, 6.45) is 0.0855. The van der Waals surface area contributed by atoms with Gasteiger partial charge in [-0.1, -0.05) is 23.2 Å². The Labute approximate surface area is 132 Å². The number of carboxylic acid groups (broad SMARTS) is 1. The summed E-state index contributed by atoms with van der Waals surface area (Å²) in [6, 6.07) is 1.93. The van der Waals surface area contributed by atoms with Crippen molar-refractivity contribution in [1.29, 1.82) is 0 Å². The van der Waals surface area contributed by atoms with E-state index < -0.39 is 12.0 Å². The second-order valence-electron chi connectivity index (χ2n) is 4.42. The Balaban J connectivity index is 2.62. The Bertz CT molecular complexity index is 512. The van der Waals surface area contributed by atoms with Crippen LogP contribution in [0.5, 0.6) is 0 Å². The highest BCUT2D eigenvalue weighted by molar-refractivity contribution is 6.40. The van der Waals surface area contributed by atoms with Gasteiger partial charge in [0.1, 0.15) is 0 Å². The zero-order valence-electron chi connectivity index (χ0n) is 11.6. The molecule has 2 amide bonds. The molecule has 0 bridgehead atoms. The summed E-state index contributed by atoms with van der Waals surface area (Å²) in [4.78, 5) is 22.5. The third kappa shape index (κ3) is 5.79. The quantitative estimate of drug-likeness (QED) is 0.697. The van der Waals surface area contributed by atoms with Crippen LogP contribution in [0.3, 0.4) is 0 Å². The smallest absolute Gasteiger partial charge is 0.335 e. The normalized spacial score (nSPS) is 10.5. The van der Waals surface area contributed by atoms with Crippen LogP contribution in [0, 0.1) is 0 Å². The number of carboxylic acids is 1. The summed E-state index contributed by atoms with van der Waals surface area (Å²) in [6.45, 7) is 4.49. The van der Waals surface area contributed by atoms with Crippen molar-refractivity contribution in [2.45, 2.75) is 20.0 Å². The maximum atomic E-state index is 11.7. The third-order valence-corrected chi connectivity index (χ3v) is 2.96. The van der Waals surface area contributed by atoms with E-state index in [1.54, 1.807) is 0 Å². The van der Waals surface area contributed by atoms with Crippen molar-refractivity contribution in [1.82, 2.24) is 5.32 Å². The van der Waals surface area contributed by atoms with Gasteiger partial charge in [0.2, 0.25) is 0 Å². The minimum Gasteiger partial charge on any atom is -0.478 e. The van der Waals surface area contributed by atoms with Crippen LogP contribution in [0.1, 0.15) is 24.2 Å². The van der Waals surface area contributed by atoms with Gasteiger partial charge in [-0.05, 0) is 26.0 Å². The molecule has 0 fully saturated rings. The first-order valence-electron chi connectivity index (χ1n) is 6.20. The number of aromatic carboxylic acids is 1. The van der Waals surface area contributed by atoms with Crippen molar-refractivity contribution in [3.8, 4) is 0 Å². The van der Waals surface area contributed by atoms with Crippen LogP contribution < -0.4 is 10.6 Å². The van der Waals surface area contributed by atoms with E-state index >= 15 is 0 Å². The molecule has 3 N–H and O–H groups in total. The second-order valence-corrected chi connectivity index (χ2v) is 5.23. The Kier molecular flexibility index (Phi) is 6.74. The summed E-state index contributed by atoms with van der Waals surface area (Å²) in [5.74, 6) is -1.15. The maximum absolute atomic E-state index is 11.7. The molecule has 0 atom stereocenters. The van der Waals surface area contributed by atoms with Crippen molar-refractivity contribution >= 4 is 40.9 Å². The SMILES string of the molecule is CC(C)OCCNC(=O)Nc1c(Cl)cc(C(=O)O)cc1Cl. The number of ether oxygens (including phenoxy) is 1. The fraction of sp³-hybridized carbons (Fsp3) is 0.385. The van der Waals surface area contributed by atoms with E-state index in [0.717, 1.165) is 0 Å². The molecule has 1 rings (SSSR count). The van der Waals surface area contributed by atoms with Gasteiger partial charge in [-0.3, -0.25) is 0 Å². The molecule has 0 aliphatic heterocycles. The molecular formula is C13H16Cl2N2O4. The Morgan fingerprint density at radius 2 is 1.86 bits per heavy atom. The molecule has 0 spiro atoms. The molecule has 116 valence electrons. The number of carbonyl (C=O) groups excluding carboxylic acids is 1. The van der Waals surface area contributed by atoms with Gasteiger partial charge in [0, 0.05) is 6.54 Å². The molecule has 1 aromatic rings. The number of hydrogen-bond donors (Lipinski definition) is 3. The van der Waals surface area contributed by atoms with Crippen LogP contribution in [0.4, 0.5) is 10.5 Å². The number of amides is 2. The zero-order chi connectivity index (χ0) is 16.0. The van der Waals surface area contributed by atoms with Crippen molar-refractivity contribution in [2.75, 3.05) is 18.5 Å². The molecule has 0 aliphatic carbocycles. The molecule has 0 saturated carbocycles. The van der Waals surface area contributed by atoms with Gasteiger partial charge in [-0.15, -0.1) is 0 Å². The molecule has 21 heavy (non-hydrogen) atoms. The van der Waals surface area contributed by atoms with Gasteiger partial charge >= 0.3 is 12.0 Å². The largest absolute Gasteiger partial charge is 0.478 e. The first-order chi connectivity index (χ1) is 9.81. The van der Waals surface area contributed by atoms with Gasteiger partial charge in [-0.2, -0.15) is 0 Å². The van der Waals surface area contributed by atoms with Gasteiger partial charge < -0.3 is 20.5 Å². The molecule has 8 heteroatoms. The van der Waals surface area contributed by atoms with Crippen molar-refractivity contribution in [2.24, 2.45) is 0 Å². The summed E-state index contributed by atoms with van der Waals surface area (Å²) < 4.78 is 5.27. The number of rotatable bonds is 6. The van der Waals surface area contributed by atoms with Gasteiger partial charge in [-0.25, -0.2) is 9.59 Å². The van der Waals surface area contributed by atoms with Crippen LogP contribution in [-0.4, -0.2) is 36.4 Å². The van der Waals surface area contributed by atoms with Crippen LogP contribution in [-0.2, 0) is 4.74 Å². The lowest BCUT2D eigenvalue weighted by atomic mass is 10.2.